The first kappa shape index (κ1) is 22.9. The van der Waals surface area contributed by atoms with Gasteiger partial charge < -0.3 is 20.1 Å². The average Bonchev–Trinajstić information content (AvgIpc) is 2.49. The Kier molecular flexibility index (Phi) is 10.2. The summed E-state index contributed by atoms with van der Waals surface area (Å²) in [5, 5.41) is 6.39. The Bertz CT molecular complexity index is 533. The molecule has 0 heterocycles. The highest BCUT2D eigenvalue weighted by molar-refractivity contribution is 14.0. The van der Waals surface area contributed by atoms with Gasteiger partial charge in [0.1, 0.15) is 0 Å². The lowest BCUT2D eigenvalue weighted by Crippen LogP contribution is -2.45. The molecule has 0 radical (unpaired) electrons. The summed E-state index contributed by atoms with van der Waals surface area (Å²) >= 11 is 0. The summed E-state index contributed by atoms with van der Waals surface area (Å²) in [7, 11) is 4.85. The van der Waals surface area contributed by atoms with E-state index in [0.29, 0.717) is 19.0 Å². The van der Waals surface area contributed by atoms with E-state index in [1.807, 2.05) is 6.07 Å². The first-order valence-corrected chi connectivity index (χ1v) is 7.61. The van der Waals surface area contributed by atoms with E-state index in [-0.39, 0.29) is 47.1 Å². The number of halogens is 2. The third-order valence-electron chi connectivity index (χ3n) is 3.61. The van der Waals surface area contributed by atoms with Gasteiger partial charge in [0.15, 0.2) is 17.5 Å². The van der Waals surface area contributed by atoms with Gasteiger partial charge >= 0.3 is 0 Å². The molecule has 0 aliphatic rings. The number of guanidine groups is 1. The number of hydrogen-bond acceptors (Lipinski definition) is 3. The van der Waals surface area contributed by atoms with Crippen molar-refractivity contribution < 1.29 is 13.9 Å². The van der Waals surface area contributed by atoms with Gasteiger partial charge in [0, 0.05) is 27.2 Å². The van der Waals surface area contributed by atoms with Crippen LogP contribution in [-0.2, 0) is 11.3 Å². The van der Waals surface area contributed by atoms with Crippen LogP contribution in [0.4, 0.5) is 4.39 Å². The van der Waals surface area contributed by atoms with E-state index in [2.05, 4.69) is 36.4 Å². The van der Waals surface area contributed by atoms with Crippen molar-refractivity contribution in [3.63, 3.8) is 0 Å². The molecule has 1 aromatic rings. The Hall–Kier alpha value is -1.09. The second kappa shape index (κ2) is 10.7. The van der Waals surface area contributed by atoms with E-state index in [4.69, 9.17) is 9.47 Å². The third-order valence-corrected chi connectivity index (χ3v) is 3.61. The predicted molar refractivity (Wildman–Crippen MR) is 107 cm³/mol. The van der Waals surface area contributed by atoms with Crippen LogP contribution in [0.15, 0.2) is 23.2 Å². The first-order valence-electron chi connectivity index (χ1n) is 7.61. The highest BCUT2D eigenvalue weighted by Crippen LogP contribution is 2.21. The molecular formula is C17H29FIN3O2. The Labute approximate surface area is 161 Å². The SMILES string of the molecule is CN=C(NCc1ccc(OC)c(F)c1)NCC(OC)C(C)(C)C.I. The van der Waals surface area contributed by atoms with Crippen molar-refractivity contribution >= 4 is 29.9 Å². The van der Waals surface area contributed by atoms with Crippen LogP contribution in [0.2, 0.25) is 0 Å². The van der Waals surface area contributed by atoms with Crippen molar-refractivity contribution in [2.45, 2.75) is 33.4 Å². The largest absolute Gasteiger partial charge is 0.494 e. The van der Waals surface area contributed by atoms with Gasteiger partial charge in [0.2, 0.25) is 0 Å². The third kappa shape index (κ3) is 7.21. The zero-order valence-electron chi connectivity index (χ0n) is 15.3. The minimum atomic E-state index is -0.373. The van der Waals surface area contributed by atoms with Gasteiger partial charge in [0.25, 0.3) is 0 Å². The molecule has 0 bridgehead atoms. The molecule has 0 saturated carbocycles. The zero-order chi connectivity index (χ0) is 17.5. The van der Waals surface area contributed by atoms with Crippen LogP contribution in [0.5, 0.6) is 5.75 Å². The predicted octanol–water partition coefficient (Wildman–Crippen LogP) is 3.18. The molecule has 0 spiro atoms. The molecule has 1 atom stereocenters. The van der Waals surface area contributed by atoms with Crippen molar-refractivity contribution in [2.24, 2.45) is 10.4 Å². The maximum atomic E-state index is 13.7. The van der Waals surface area contributed by atoms with Crippen LogP contribution in [0, 0.1) is 11.2 Å². The molecule has 1 aromatic carbocycles. The Morgan fingerprint density at radius 2 is 1.92 bits per heavy atom. The van der Waals surface area contributed by atoms with Crippen molar-refractivity contribution in [3.8, 4) is 5.75 Å². The lowest BCUT2D eigenvalue weighted by Gasteiger charge is -2.30. The Balaban J connectivity index is 0.00000529. The van der Waals surface area contributed by atoms with E-state index in [1.54, 1.807) is 20.2 Å². The van der Waals surface area contributed by atoms with E-state index in [1.165, 1.54) is 13.2 Å². The van der Waals surface area contributed by atoms with Crippen LogP contribution in [0.1, 0.15) is 26.3 Å². The van der Waals surface area contributed by atoms with Crippen molar-refractivity contribution in [1.82, 2.24) is 10.6 Å². The minimum absolute atomic E-state index is 0. The maximum absolute atomic E-state index is 13.7. The lowest BCUT2D eigenvalue weighted by atomic mass is 9.89. The molecule has 7 heteroatoms. The molecule has 0 saturated heterocycles. The van der Waals surface area contributed by atoms with Crippen LogP contribution in [0.3, 0.4) is 0 Å². The summed E-state index contributed by atoms with van der Waals surface area (Å²) in [6, 6.07) is 4.88. The van der Waals surface area contributed by atoms with Gasteiger partial charge in [-0.05, 0) is 23.1 Å². The minimum Gasteiger partial charge on any atom is -0.494 e. The van der Waals surface area contributed by atoms with Gasteiger partial charge in [-0.15, -0.1) is 24.0 Å². The fourth-order valence-corrected chi connectivity index (χ4v) is 2.16. The number of nitrogens with one attached hydrogen (secondary N) is 2. The molecule has 138 valence electrons. The summed E-state index contributed by atoms with van der Waals surface area (Å²) in [6.45, 7) is 7.47. The summed E-state index contributed by atoms with van der Waals surface area (Å²) in [4.78, 5) is 4.17. The molecule has 5 nitrogen and oxygen atoms in total. The first-order chi connectivity index (χ1) is 10.8. The smallest absolute Gasteiger partial charge is 0.191 e. The number of rotatable bonds is 6. The Morgan fingerprint density at radius 1 is 1.25 bits per heavy atom. The van der Waals surface area contributed by atoms with Crippen LogP contribution in [-0.4, -0.2) is 39.9 Å². The Morgan fingerprint density at radius 3 is 2.38 bits per heavy atom. The number of aliphatic imine (C=N–C) groups is 1. The van der Waals surface area contributed by atoms with Gasteiger partial charge in [0.05, 0.1) is 13.2 Å². The molecule has 1 unspecified atom stereocenters. The summed E-state index contributed by atoms with van der Waals surface area (Å²) < 4.78 is 24.1. The van der Waals surface area contributed by atoms with Crippen LogP contribution < -0.4 is 15.4 Å². The topological polar surface area (TPSA) is 54.9 Å². The van der Waals surface area contributed by atoms with Gasteiger partial charge in [-0.2, -0.15) is 0 Å². The normalized spacial score (nSPS) is 13.0. The molecule has 0 aromatic heterocycles. The standard InChI is InChI=1S/C17H28FN3O2.HI/c1-17(2,3)15(23-6)11-21-16(19-4)20-10-12-7-8-14(22-5)13(18)9-12;/h7-9,15H,10-11H2,1-6H3,(H2,19,20,21);1H. The van der Waals surface area contributed by atoms with Crippen LogP contribution in [0.25, 0.3) is 0 Å². The highest BCUT2D eigenvalue weighted by Gasteiger charge is 2.24. The molecule has 0 aliphatic carbocycles. The molecule has 0 aliphatic heterocycles. The van der Waals surface area contributed by atoms with Gasteiger partial charge in [-0.3, -0.25) is 4.99 Å². The fraction of sp³-hybridized carbons (Fsp3) is 0.588. The maximum Gasteiger partial charge on any atom is 0.191 e. The average molecular weight is 453 g/mol. The molecular weight excluding hydrogens is 424 g/mol. The quantitative estimate of drug-likeness (QED) is 0.395. The monoisotopic (exact) mass is 453 g/mol. The number of methoxy groups -OCH3 is 2. The lowest BCUT2D eigenvalue weighted by molar-refractivity contribution is 0.0205. The molecule has 0 amide bonds. The van der Waals surface area contributed by atoms with Crippen molar-refractivity contribution in [1.29, 1.82) is 0 Å². The van der Waals surface area contributed by atoms with Crippen molar-refractivity contribution in [2.75, 3.05) is 27.8 Å². The van der Waals surface area contributed by atoms with E-state index in [9.17, 15) is 4.39 Å². The summed E-state index contributed by atoms with van der Waals surface area (Å²) in [6.07, 6.45) is 0.0551. The van der Waals surface area contributed by atoms with Crippen LogP contribution >= 0.6 is 24.0 Å². The number of ether oxygens (including phenoxy) is 2. The van der Waals surface area contributed by atoms with E-state index in [0.717, 1.165) is 5.56 Å². The highest BCUT2D eigenvalue weighted by atomic mass is 127. The molecule has 24 heavy (non-hydrogen) atoms. The van der Waals surface area contributed by atoms with E-state index >= 15 is 0 Å². The number of benzene rings is 1. The molecule has 1 rings (SSSR count). The zero-order valence-corrected chi connectivity index (χ0v) is 17.6. The fourth-order valence-electron chi connectivity index (χ4n) is 2.16. The van der Waals surface area contributed by atoms with Gasteiger partial charge in [-0.25, -0.2) is 4.39 Å². The second-order valence-corrected chi connectivity index (χ2v) is 6.37. The number of hydrogen-bond donors (Lipinski definition) is 2. The summed E-state index contributed by atoms with van der Waals surface area (Å²) in [5.41, 5.74) is 0.838. The van der Waals surface area contributed by atoms with Gasteiger partial charge in [-0.1, -0.05) is 26.8 Å². The molecule has 2 N–H and O–H groups in total. The van der Waals surface area contributed by atoms with E-state index < -0.39 is 0 Å². The summed E-state index contributed by atoms with van der Waals surface area (Å²) in [5.74, 6) is 0.513. The number of nitrogens with zero attached hydrogens (tertiary/aromatic N) is 1. The van der Waals surface area contributed by atoms with Crippen molar-refractivity contribution in [3.05, 3.63) is 29.6 Å². The molecule has 0 fully saturated rings. The second-order valence-electron chi connectivity index (χ2n) is 6.37.